The number of halogens is 1. The Bertz CT molecular complexity index is 533. The molecule has 1 aromatic rings. The average molecular weight is 345 g/mol. The molecule has 0 saturated carbocycles. The van der Waals surface area contributed by atoms with Crippen LogP contribution in [-0.2, 0) is 4.74 Å². The molecule has 0 aromatic carbocycles. The number of morpholine rings is 1. The van der Waals surface area contributed by atoms with E-state index in [2.05, 4.69) is 20.7 Å². The van der Waals surface area contributed by atoms with Crippen molar-refractivity contribution in [2.75, 3.05) is 49.7 Å². The van der Waals surface area contributed by atoms with E-state index in [1.54, 1.807) is 0 Å². The van der Waals surface area contributed by atoms with Crippen molar-refractivity contribution in [3.05, 3.63) is 10.7 Å². The molecule has 0 bridgehead atoms. The molecule has 114 valence electrons. The normalized spacial score (nSPS) is 26.7. The van der Waals surface area contributed by atoms with E-state index in [1.807, 2.05) is 11.8 Å². The smallest absolute Gasteiger partial charge is 0.162 e. The summed E-state index contributed by atoms with van der Waals surface area (Å²) in [5.74, 6) is 2.31. The Morgan fingerprint density at radius 1 is 1.48 bits per heavy atom. The molecule has 0 amide bonds. The summed E-state index contributed by atoms with van der Waals surface area (Å²) >= 11 is 9.19. The maximum absolute atomic E-state index is 9.15. The van der Waals surface area contributed by atoms with Crippen LogP contribution >= 0.6 is 34.9 Å². The van der Waals surface area contributed by atoms with Gasteiger partial charge in [-0.1, -0.05) is 11.6 Å². The molecular weight excluding hydrogens is 328 g/mol. The minimum atomic E-state index is 0.150. The van der Waals surface area contributed by atoms with E-state index < -0.39 is 0 Å². The van der Waals surface area contributed by atoms with Crippen molar-refractivity contribution in [1.82, 2.24) is 9.27 Å². The van der Waals surface area contributed by atoms with Crippen molar-refractivity contribution in [3.63, 3.8) is 0 Å². The molecule has 8 heteroatoms. The highest BCUT2D eigenvalue weighted by molar-refractivity contribution is 7.99. The highest BCUT2D eigenvalue weighted by Crippen LogP contribution is 2.35. The quantitative estimate of drug-likeness (QED) is 0.904. The number of thioether (sulfide) groups is 1. The summed E-state index contributed by atoms with van der Waals surface area (Å²) in [5.41, 5.74) is 0.613. The fraction of sp³-hybridized carbons (Fsp3) is 0.692. The van der Waals surface area contributed by atoms with E-state index >= 15 is 0 Å². The molecule has 2 aliphatic heterocycles. The number of aromatic nitrogens is 1. The van der Waals surface area contributed by atoms with E-state index in [-0.39, 0.29) is 5.54 Å². The molecule has 21 heavy (non-hydrogen) atoms. The third-order valence-corrected chi connectivity index (χ3v) is 6.52. The number of rotatable bonds is 4. The van der Waals surface area contributed by atoms with Gasteiger partial charge in [0, 0.05) is 30.9 Å². The zero-order valence-corrected chi connectivity index (χ0v) is 14.0. The second-order valence-corrected chi connectivity index (χ2v) is 7.51. The van der Waals surface area contributed by atoms with Gasteiger partial charge in [0.05, 0.1) is 13.2 Å². The fourth-order valence-corrected chi connectivity index (χ4v) is 5.27. The van der Waals surface area contributed by atoms with Crippen molar-refractivity contribution in [1.29, 1.82) is 5.26 Å². The summed E-state index contributed by atoms with van der Waals surface area (Å²) in [6, 6.07) is 2.13. The Morgan fingerprint density at radius 3 is 2.95 bits per heavy atom. The molecule has 1 atom stereocenters. The van der Waals surface area contributed by atoms with Crippen LogP contribution in [0.1, 0.15) is 12.0 Å². The second kappa shape index (κ2) is 6.71. The summed E-state index contributed by atoms with van der Waals surface area (Å²) in [6.45, 7) is 4.41. The lowest BCUT2D eigenvalue weighted by Gasteiger charge is -2.43. The molecule has 0 radical (unpaired) electrons. The summed E-state index contributed by atoms with van der Waals surface area (Å²) in [4.78, 5) is 2.54. The number of nitrogens with zero attached hydrogens (tertiary/aromatic N) is 3. The van der Waals surface area contributed by atoms with Gasteiger partial charge in [-0.2, -0.15) is 21.4 Å². The van der Waals surface area contributed by atoms with Gasteiger partial charge in [-0.15, -0.1) is 0 Å². The van der Waals surface area contributed by atoms with Crippen molar-refractivity contribution >= 4 is 39.9 Å². The molecule has 1 N–H and O–H groups in total. The molecule has 0 aliphatic carbocycles. The lowest BCUT2D eigenvalue weighted by Crippen LogP contribution is -2.57. The van der Waals surface area contributed by atoms with Crippen LogP contribution in [0.25, 0.3) is 0 Å². The second-order valence-electron chi connectivity index (χ2n) is 5.27. The molecule has 1 aromatic heterocycles. The Kier molecular flexibility index (Phi) is 4.92. The first-order valence-electron chi connectivity index (χ1n) is 6.95. The van der Waals surface area contributed by atoms with Crippen LogP contribution in [0.15, 0.2) is 0 Å². The lowest BCUT2D eigenvalue weighted by atomic mass is 9.95. The van der Waals surface area contributed by atoms with Gasteiger partial charge < -0.3 is 10.1 Å². The predicted molar refractivity (Wildman–Crippen MR) is 87.4 cm³/mol. The summed E-state index contributed by atoms with van der Waals surface area (Å²) in [5, 5.41) is 13.7. The third-order valence-electron chi connectivity index (χ3n) is 4.10. The highest BCUT2D eigenvalue weighted by Gasteiger charge is 2.40. The first kappa shape index (κ1) is 15.4. The first-order chi connectivity index (χ1) is 10.2. The maximum atomic E-state index is 9.15. The Balaban J connectivity index is 1.72. The van der Waals surface area contributed by atoms with E-state index in [0.717, 1.165) is 43.6 Å². The lowest BCUT2D eigenvalue weighted by molar-refractivity contribution is -0.00918. The topological polar surface area (TPSA) is 61.2 Å². The summed E-state index contributed by atoms with van der Waals surface area (Å²) < 4.78 is 9.52. The molecular formula is C13H17ClN4OS2. The summed E-state index contributed by atoms with van der Waals surface area (Å²) in [7, 11) is 0. The summed E-state index contributed by atoms with van der Waals surface area (Å²) in [6.07, 6.45) is 1.17. The number of hydrogen-bond acceptors (Lipinski definition) is 7. The number of anilines is 1. The van der Waals surface area contributed by atoms with Gasteiger partial charge in [0.2, 0.25) is 0 Å². The van der Waals surface area contributed by atoms with E-state index in [4.69, 9.17) is 21.6 Å². The zero-order chi connectivity index (χ0) is 14.7. The zero-order valence-electron chi connectivity index (χ0n) is 11.6. The molecule has 3 heterocycles. The minimum Gasteiger partial charge on any atom is -0.379 e. The van der Waals surface area contributed by atoms with Crippen LogP contribution in [0.2, 0.25) is 5.15 Å². The van der Waals surface area contributed by atoms with Gasteiger partial charge in [0.1, 0.15) is 16.6 Å². The van der Waals surface area contributed by atoms with Crippen molar-refractivity contribution < 1.29 is 4.74 Å². The number of ether oxygens (including phenoxy) is 1. The van der Waals surface area contributed by atoms with Gasteiger partial charge in [0.25, 0.3) is 0 Å². The highest BCUT2D eigenvalue weighted by atomic mass is 35.5. The van der Waals surface area contributed by atoms with Crippen molar-refractivity contribution in [2.24, 2.45) is 0 Å². The van der Waals surface area contributed by atoms with Crippen LogP contribution < -0.4 is 5.32 Å². The van der Waals surface area contributed by atoms with Crippen LogP contribution in [0.5, 0.6) is 0 Å². The SMILES string of the molecule is N#Cc1c(Cl)nsc1NC[C@@]1(N2CCOCC2)CCSC1. The van der Waals surface area contributed by atoms with E-state index in [9.17, 15) is 0 Å². The maximum Gasteiger partial charge on any atom is 0.162 e. The van der Waals surface area contributed by atoms with Crippen LogP contribution in [0.4, 0.5) is 5.00 Å². The molecule has 2 saturated heterocycles. The van der Waals surface area contributed by atoms with Gasteiger partial charge in [-0.25, -0.2) is 0 Å². The van der Waals surface area contributed by atoms with Crippen LogP contribution in [-0.4, -0.2) is 59.2 Å². The molecule has 5 nitrogen and oxygen atoms in total. The Hall–Kier alpha value is -0.520. The standard InChI is InChI=1S/C13H17ClN4OS2/c14-11-10(7-15)12(21-17-11)16-8-13(1-6-20-9-13)18-2-4-19-5-3-18/h16H,1-6,8-9H2/t13-/m0/s1. The largest absolute Gasteiger partial charge is 0.379 e. The number of nitrogens with one attached hydrogen (secondary N) is 1. The molecule has 0 unspecified atom stereocenters. The van der Waals surface area contributed by atoms with Crippen LogP contribution in [0, 0.1) is 11.3 Å². The third kappa shape index (κ3) is 3.15. The van der Waals surface area contributed by atoms with E-state index in [0.29, 0.717) is 10.7 Å². The molecule has 2 aliphatic rings. The van der Waals surface area contributed by atoms with E-state index in [1.165, 1.54) is 23.7 Å². The number of hydrogen-bond donors (Lipinski definition) is 1. The van der Waals surface area contributed by atoms with Gasteiger partial charge in [-0.3, -0.25) is 4.90 Å². The van der Waals surface area contributed by atoms with Gasteiger partial charge >= 0.3 is 0 Å². The van der Waals surface area contributed by atoms with Crippen molar-refractivity contribution in [3.8, 4) is 6.07 Å². The molecule has 3 rings (SSSR count). The fourth-order valence-electron chi connectivity index (χ4n) is 2.87. The monoisotopic (exact) mass is 344 g/mol. The molecule has 2 fully saturated rings. The average Bonchev–Trinajstić information content (AvgIpc) is 3.13. The Morgan fingerprint density at radius 2 is 2.29 bits per heavy atom. The minimum absolute atomic E-state index is 0.150. The first-order valence-corrected chi connectivity index (χ1v) is 9.25. The van der Waals surface area contributed by atoms with Crippen molar-refractivity contribution in [2.45, 2.75) is 12.0 Å². The van der Waals surface area contributed by atoms with Gasteiger partial charge in [-0.05, 0) is 23.7 Å². The predicted octanol–water partition coefficient (Wildman–Crippen LogP) is 2.29. The van der Waals surface area contributed by atoms with Crippen LogP contribution in [0.3, 0.4) is 0 Å². The number of nitriles is 1. The Labute approximate surface area is 137 Å². The van der Waals surface area contributed by atoms with Gasteiger partial charge in [0.15, 0.2) is 5.15 Å². The molecule has 0 spiro atoms.